The van der Waals surface area contributed by atoms with Crippen LogP contribution in [-0.4, -0.2) is 79.2 Å². The summed E-state index contributed by atoms with van der Waals surface area (Å²) in [6, 6.07) is 24.5. The molecule has 0 spiro atoms. The Balaban J connectivity index is 1.24. The normalized spacial score (nSPS) is 13.1. The number of nitro groups is 1. The Morgan fingerprint density at radius 3 is 2.22 bits per heavy atom. The van der Waals surface area contributed by atoms with E-state index in [0.717, 1.165) is 49.9 Å². The first-order valence-electron chi connectivity index (χ1n) is 18.3. The van der Waals surface area contributed by atoms with Gasteiger partial charge in [-0.2, -0.15) is 0 Å². The lowest BCUT2D eigenvalue weighted by atomic mass is 9.97. The number of hydrogen-bond donors (Lipinski definition) is 1. The highest BCUT2D eigenvalue weighted by Crippen LogP contribution is 2.36. The molecule has 1 heterocycles. The summed E-state index contributed by atoms with van der Waals surface area (Å²) in [7, 11) is 5.67. The van der Waals surface area contributed by atoms with Crippen LogP contribution in [0.3, 0.4) is 0 Å². The van der Waals surface area contributed by atoms with E-state index < -0.39 is 28.0 Å². The van der Waals surface area contributed by atoms with Gasteiger partial charge in [0.25, 0.3) is 5.91 Å². The van der Waals surface area contributed by atoms with E-state index in [4.69, 9.17) is 15.2 Å². The molecule has 1 aliphatic rings. The van der Waals surface area contributed by atoms with Gasteiger partial charge in [-0.25, -0.2) is 0 Å². The maximum atomic E-state index is 13.9. The van der Waals surface area contributed by atoms with Gasteiger partial charge < -0.3 is 29.9 Å². The smallest absolute Gasteiger partial charge is 0.305 e. The van der Waals surface area contributed by atoms with Crippen molar-refractivity contribution >= 4 is 34.7 Å². The number of nitro benzene ring substituents is 1. The summed E-state index contributed by atoms with van der Waals surface area (Å²) in [5.41, 5.74) is 7.26. The summed E-state index contributed by atoms with van der Waals surface area (Å²) < 4.78 is 12.1. The summed E-state index contributed by atoms with van der Waals surface area (Å²) in [5, 5.41) is 12.4. The lowest BCUT2D eigenvalue weighted by Crippen LogP contribution is -2.44. The quantitative estimate of drug-likeness (QED) is 0.0420. The zero-order valence-corrected chi connectivity index (χ0v) is 31.5. The highest BCUT2D eigenvalue weighted by Gasteiger charge is 2.32. The minimum Gasteiger partial charge on any atom is -0.491 e. The van der Waals surface area contributed by atoms with E-state index in [2.05, 4.69) is 19.0 Å². The molecule has 54 heavy (non-hydrogen) atoms. The lowest BCUT2D eigenvalue weighted by molar-refractivity contribution is -0.384. The van der Waals surface area contributed by atoms with Crippen LogP contribution in [0.1, 0.15) is 75.9 Å². The molecule has 0 atom stereocenters. The molecule has 5 rings (SSSR count). The number of nitrogen functional groups attached to an aromatic ring is 1. The summed E-state index contributed by atoms with van der Waals surface area (Å²) in [6.07, 6.45) is 4.75. The van der Waals surface area contributed by atoms with Crippen molar-refractivity contribution in [3.8, 4) is 11.5 Å². The zero-order valence-electron chi connectivity index (χ0n) is 31.5. The minimum atomic E-state index is -0.742. The zero-order chi connectivity index (χ0) is 38.8. The number of nitrogens with zero attached hydrogens (tertiary/aromatic N) is 4. The first-order valence-corrected chi connectivity index (χ1v) is 18.3. The summed E-state index contributed by atoms with van der Waals surface area (Å²) >= 11 is 0. The van der Waals surface area contributed by atoms with E-state index in [9.17, 15) is 24.5 Å². The highest BCUT2D eigenvalue weighted by atomic mass is 16.6. The van der Waals surface area contributed by atoms with Crippen LogP contribution in [-0.2, 0) is 11.4 Å². The molecule has 0 unspecified atom stereocenters. The van der Waals surface area contributed by atoms with E-state index >= 15 is 0 Å². The Morgan fingerprint density at radius 2 is 1.52 bits per heavy atom. The number of para-hydroxylation sites is 1. The number of benzene rings is 4. The van der Waals surface area contributed by atoms with E-state index in [1.54, 1.807) is 30.3 Å². The number of amides is 2. The molecule has 12 heteroatoms. The van der Waals surface area contributed by atoms with Crippen LogP contribution in [0.4, 0.5) is 17.1 Å². The maximum Gasteiger partial charge on any atom is 0.305 e. The Hall–Kier alpha value is -5.75. The second-order valence-corrected chi connectivity index (χ2v) is 13.8. The van der Waals surface area contributed by atoms with Crippen LogP contribution in [0.15, 0.2) is 84.9 Å². The summed E-state index contributed by atoms with van der Waals surface area (Å²) in [5.74, 6) is -0.334. The Morgan fingerprint density at radius 1 is 0.833 bits per heavy atom. The first kappa shape index (κ1) is 39.5. The van der Waals surface area contributed by atoms with E-state index in [-0.39, 0.29) is 29.2 Å². The van der Waals surface area contributed by atoms with Crippen molar-refractivity contribution in [2.45, 2.75) is 58.1 Å². The molecule has 0 aliphatic carbocycles. The molecular formula is C42H49N5O7. The fraction of sp³-hybridized carbons (Fsp3) is 0.357. The third kappa shape index (κ3) is 9.61. The summed E-state index contributed by atoms with van der Waals surface area (Å²) in [6.45, 7) is 4.07. The van der Waals surface area contributed by atoms with Crippen LogP contribution >= 0.6 is 0 Å². The van der Waals surface area contributed by atoms with Crippen molar-refractivity contribution in [1.82, 2.24) is 9.80 Å². The van der Waals surface area contributed by atoms with Gasteiger partial charge >= 0.3 is 5.69 Å². The van der Waals surface area contributed by atoms with Gasteiger partial charge in [-0.3, -0.25) is 24.5 Å². The predicted octanol–water partition coefficient (Wildman–Crippen LogP) is 7.06. The maximum absolute atomic E-state index is 13.9. The number of nitrogens with two attached hydrogens (primary N) is 1. The predicted molar refractivity (Wildman–Crippen MR) is 209 cm³/mol. The second kappa shape index (κ2) is 18.3. The van der Waals surface area contributed by atoms with E-state index in [0.29, 0.717) is 42.7 Å². The average Bonchev–Trinajstić information content (AvgIpc) is 3.17. The third-order valence-electron chi connectivity index (χ3n) is 9.86. The molecule has 4 aromatic carbocycles. The molecule has 2 amide bonds. The number of ether oxygens (including phenoxy) is 2. The van der Waals surface area contributed by atoms with Gasteiger partial charge in [0.2, 0.25) is 5.91 Å². The number of rotatable bonds is 16. The fourth-order valence-corrected chi connectivity index (χ4v) is 6.67. The van der Waals surface area contributed by atoms with Crippen molar-refractivity contribution in [2.75, 3.05) is 51.5 Å². The Kier molecular flexibility index (Phi) is 13.4. The molecule has 0 saturated carbocycles. The topological polar surface area (TPSA) is 149 Å². The number of carbonyl (C=O) groups is 3. The molecule has 0 bridgehead atoms. The Bertz CT molecular complexity index is 1960. The summed E-state index contributed by atoms with van der Waals surface area (Å²) in [4.78, 5) is 57.6. The van der Waals surface area contributed by atoms with Gasteiger partial charge in [-0.05, 0) is 101 Å². The molecule has 4 aromatic rings. The first-order chi connectivity index (χ1) is 26.0. The van der Waals surface area contributed by atoms with Crippen LogP contribution in [0.25, 0.3) is 0 Å². The molecule has 2 N–H and O–H groups in total. The Labute approximate surface area is 316 Å². The van der Waals surface area contributed by atoms with Gasteiger partial charge in [-0.1, -0.05) is 48.5 Å². The van der Waals surface area contributed by atoms with E-state index in [1.165, 1.54) is 24.1 Å². The van der Waals surface area contributed by atoms with Crippen molar-refractivity contribution in [2.24, 2.45) is 0 Å². The molecule has 284 valence electrons. The number of piperidine rings is 1. The minimum absolute atomic E-state index is 0.119. The van der Waals surface area contributed by atoms with Gasteiger partial charge in [0.15, 0.2) is 5.78 Å². The standard InChI is InChI=1S/C42H49N5O7/c1-29-18-21-35(37(27-29)53-26-12-6-9-17-38(48)46-24-22-31(23-25-46)44(2)3)45(4)42(50)34-20-19-33(39(43)40(34)47(51)52)41(49)32-15-10-11-16-36(32)54-28-30-13-7-5-8-14-30/h5,7-8,10-11,13-16,18-21,27,31H,6,9,12,17,22-26,28,43H2,1-4H3. The van der Waals surface area contributed by atoms with Crippen LogP contribution in [0.2, 0.25) is 0 Å². The van der Waals surface area contributed by atoms with Crippen molar-refractivity contribution in [3.63, 3.8) is 0 Å². The number of aryl methyl sites for hydroxylation is 1. The monoisotopic (exact) mass is 735 g/mol. The second-order valence-electron chi connectivity index (χ2n) is 13.8. The molecule has 0 aromatic heterocycles. The van der Waals surface area contributed by atoms with Crippen LogP contribution in [0, 0.1) is 17.0 Å². The number of hydrogen-bond acceptors (Lipinski definition) is 9. The molecule has 12 nitrogen and oxygen atoms in total. The van der Waals surface area contributed by atoms with Crippen LogP contribution in [0.5, 0.6) is 11.5 Å². The number of ketones is 1. The molecule has 0 radical (unpaired) electrons. The molecule has 1 saturated heterocycles. The third-order valence-corrected chi connectivity index (χ3v) is 9.86. The van der Waals surface area contributed by atoms with Gasteiger partial charge in [0.05, 0.1) is 28.3 Å². The number of likely N-dealkylation sites (tertiary alicyclic amines) is 1. The van der Waals surface area contributed by atoms with Crippen molar-refractivity contribution in [3.05, 3.63) is 123 Å². The van der Waals surface area contributed by atoms with Crippen molar-refractivity contribution in [1.29, 1.82) is 0 Å². The molecule has 1 aliphatic heterocycles. The van der Waals surface area contributed by atoms with E-state index in [1.807, 2.05) is 54.3 Å². The molecule has 1 fully saturated rings. The number of carbonyl (C=O) groups excluding carboxylic acids is 3. The molecular weight excluding hydrogens is 686 g/mol. The fourth-order valence-electron chi connectivity index (χ4n) is 6.67. The lowest BCUT2D eigenvalue weighted by Gasteiger charge is -2.35. The largest absolute Gasteiger partial charge is 0.491 e. The van der Waals surface area contributed by atoms with Gasteiger partial charge in [0, 0.05) is 32.6 Å². The van der Waals surface area contributed by atoms with Crippen molar-refractivity contribution < 1.29 is 28.8 Å². The SMILES string of the molecule is Cc1ccc(N(C)C(=O)c2ccc(C(=O)c3ccccc3OCc3ccccc3)c(N)c2[N+](=O)[O-])c(OCCCCCC(=O)N2CCC(N(C)C)CC2)c1. The van der Waals surface area contributed by atoms with Crippen LogP contribution < -0.4 is 20.1 Å². The number of anilines is 2. The van der Waals surface area contributed by atoms with Gasteiger partial charge in [0.1, 0.15) is 29.4 Å². The average molecular weight is 736 g/mol. The highest BCUT2D eigenvalue weighted by molar-refractivity contribution is 6.17. The van der Waals surface area contributed by atoms with Gasteiger partial charge in [-0.15, -0.1) is 0 Å². The number of unbranched alkanes of at least 4 members (excludes halogenated alkanes) is 2.